The van der Waals surface area contributed by atoms with E-state index in [2.05, 4.69) is 5.32 Å². The average Bonchev–Trinajstić information content (AvgIpc) is 2.80. The molecule has 1 aliphatic rings. The minimum Gasteiger partial charge on any atom is -0.462 e. The highest BCUT2D eigenvalue weighted by Gasteiger charge is 2.29. The molecule has 16 heavy (non-hydrogen) atoms. The van der Waals surface area contributed by atoms with Gasteiger partial charge < -0.3 is 10.1 Å². The van der Waals surface area contributed by atoms with Gasteiger partial charge in [-0.15, -0.1) is 0 Å². The van der Waals surface area contributed by atoms with Crippen LogP contribution in [0.1, 0.15) is 32.6 Å². The van der Waals surface area contributed by atoms with Crippen LogP contribution in [0.25, 0.3) is 0 Å². The highest BCUT2D eigenvalue weighted by molar-refractivity contribution is 5.72. The maximum Gasteiger partial charge on any atom is 0.309 e. The van der Waals surface area contributed by atoms with E-state index < -0.39 is 5.54 Å². The summed E-state index contributed by atoms with van der Waals surface area (Å²) in [6.07, 6.45) is 4.28. The molecule has 0 aliphatic heterocycles. The van der Waals surface area contributed by atoms with E-state index in [4.69, 9.17) is 10.00 Å². The van der Waals surface area contributed by atoms with Crippen LogP contribution < -0.4 is 5.32 Å². The zero-order valence-corrected chi connectivity index (χ0v) is 9.36. The Hall–Kier alpha value is -1.57. The van der Waals surface area contributed by atoms with Gasteiger partial charge >= 0.3 is 5.97 Å². The molecule has 0 aromatic carbocycles. The molecule has 1 atom stereocenters. The number of nitriles is 1. The first-order valence-corrected chi connectivity index (χ1v) is 5.40. The van der Waals surface area contributed by atoms with Crippen LogP contribution in [0.3, 0.4) is 0 Å². The minimum atomic E-state index is -1.13. The van der Waals surface area contributed by atoms with Crippen LogP contribution in [-0.2, 0) is 14.3 Å². The summed E-state index contributed by atoms with van der Waals surface area (Å²) in [4.78, 5) is 21.8. The molecule has 0 bridgehead atoms. The molecule has 1 amide bonds. The van der Waals surface area contributed by atoms with Gasteiger partial charge in [-0.05, 0) is 19.8 Å². The summed E-state index contributed by atoms with van der Waals surface area (Å²) < 4.78 is 5.05. The van der Waals surface area contributed by atoms with E-state index in [1.54, 1.807) is 0 Å². The van der Waals surface area contributed by atoms with Crippen molar-refractivity contribution >= 4 is 12.4 Å². The van der Waals surface area contributed by atoms with Gasteiger partial charge in [0.1, 0.15) is 6.61 Å². The lowest BCUT2D eigenvalue weighted by Crippen LogP contribution is -2.45. The Labute approximate surface area is 94.8 Å². The van der Waals surface area contributed by atoms with Gasteiger partial charge in [-0.25, -0.2) is 0 Å². The normalized spacial score (nSPS) is 19.5. The molecule has 88 valence electrons. The fraction of sp³-hybridized carbons (Fsp3) is 0.727. The quantitative estimate of drug-likeness (QED) is 0.552. The Morgan fingerprint density at radius 3 is 2.75 bits per heavy atom. The van der Waals surface area contributed by atoms with E-state index in [0.29, 0.717) is 6.41 Å². The summed E-state index contributed by atoms with van der Waals surface area (Å²) >= 11 is 0. The van der Waals surface area contributed by atoms with Gasteiger partial charge in [0.2, 0.25) is 6.41 Å². The van der Waals surface area contributed by atoms with E-state index in [-0.39, 0.29) is 18.5 Å². The molecule has 1 rings (SSSR count). The third-order valence-electron chi connectivity index (χ3n) is 2.82. The zero-order chi connectivity index (χ0) is 12.0. The standard InChI is InChI=1S/C11H16N2O3/c1-11(6-12,13-8-14)7-16-10(15)9-4-2-3-5-9/h8-9H,2-5,7H2,1H3,(H,13,14). The van der Waals surface area contributed by atoms with Crippen LogP contribution in [-0.4, -0.2) is 24.5 Å². The van der Waals surface area contributed by atoms with Crippen molar-refractivity contribution in [1.82, 2.24) is 5.32 Å². The number of rotatable bonds is 5. The van der Waals surface area contributed by atoms with Crippen molar-refractivity contribution in [2.45, 2.75) is 38.1 Å². The summed E-state index contributed by atoms with van der Waals surface area (Å²) in [7, 11) is 0. The lowest BCUT2D eigenvalue weighted by molar-refractivity contribution is -0.150. The molecule has 0 spiro atoms. The maximum absolute atomic E-state index is 11.6. The molecule has 0 saturated heterocycles. The third-order valence-corrected chi connectivity index (χ3v) is 2.82. The smallest absolute Gasteiger partial charge is 0.309 e. The Bertz CT molecular complexity index is 305. The largest absolute Gasteiger partial charge is 0.462 e. The summed E-state index contributed by atoms with van der Waals surface area (Å²) in [6.45, 7) is 1.42. The third kappa shape index (κ3) is 3.23. The van der Waals surface area contributed by atoms with Crippen molar-refractivity contribution in [3.63, 3.8) is 0 Å². The van der Waals surface area contributed by atoms with Gasteiger partial charge in [0.25, 0.3) is 0 Å². The van der Waals surface area contributed by atoms with E-state index in [0.717, 1.165) is 25.7 Å². The predicted molar refractivity (Wildman–Crippen MR) is 56.1 cm³/mol. The number of esters is 1. The van der Waals surface area contributed by atoms with E-state index in [1.807, 2.05) is 6.07 Å². The summed E-state index contributed by atoms with van der Waals surface area (Å²) in [5.74, 6) is -0.286. The molecular formula is C11H16N2O3. The highest BCUT2D eigenvalue weighted by atomic mass is 16.5. The summed E-state index contributed by atoms with van der Waals surface area (Å²) in [5.41, 5.74) is -1.13. The summed E-state index contributed by atoms with van der Waals surface area (Å²) in [6, 6.07) is 1.91. The second-order valence-electron chi connectivity index (χ2n) is 4.30. The number of amides is 1. The number of hydrogen-bond acceptors (Lipinski definition) is 4. The highest BCUT2D eigenvalue weighted by Crippen LogP contribution is 2.25. The molecule has 0 aromatic heterocycles. The van der Waals surface area contributed by atoms with Crippen LogP contribution in [0, 0.1) is 17.2 Å². The first-order valence-electron chi connectivity index (χ1n) is 5.40. The zero-order valence-electron chi connectivity index (χ0n) is 9.36. The molecule has 5 heteroatoms. The fourth-order valence-corrected chi connectivity index (χ4v) is 1.73. The Morgan fingerprint density at radius 2 is 2.25 bits per heavy atom. The summed E-state index contributed by atoms with van der Waals surface area (Å²) in [5, 5.41) is 11.2. The number of hydrogen-bond donors (Lipinski definition) is 1. The molecular weight excluding hydrogens is 208 g/mol. The lowest BCUT2D eigenvalue weighted by Gasteiger charge is -2.21. The molecule has 0 heterocycles. The molecule has 0 radical (unpaired) electrons. The Kier molecular flexibility index (Phi) is 4.29. The van der Waals surface area contributed by atoms with E-state index >= 15 is 0 Å². The van der Waals surface area contributed by atoms with Crippen molar-refractivity contribution in [2.24, 2.45) is 5.92 Å². The minimum absolute atomic E-state index is 0.0285. The Morgan fingerprint density at radius 1 is 1.62 bits per heavy atom. The molecule has 0 aromatic rings. The van der Waals surface area contributed by atoms with Crippen LogP contribution in [0.4, 0.5) is 0 Å². The van der Waals surface area contributed by atoms with Crippen LogP contribution >= 0.6 is 0 Å². The van der Waals surface area contributed by atoms with E-state index in [1.165, 1.54) is 6.92 Å². The van der Waals surface area contributed by atoms with Crippen LogP contribution in [0.2, 0.25) is 0 Å². The fourth-order valence-electron chi connectivity index (χ4n) is 1.73. The second-order valence-corrected chi connectivity index (χ2v) is 4.30. The van der Waals surface area contributed by atoms with Crippen LogP contribution in [0.15, 0.2) is 0 Å². The predicted octanol–water partition coefficient (Wildman–Crippen LogP) is 0.748. The van der Waals surface area contributed by atoms with Gasteiger partial charge in [-0.1, -0.05) is 12.8 Å². The van der Waals surface area contributed by atoms with Crippen LogP contribution in [0.5, 0.6) is 0 Å². The molecule has 1 unspecified atom stereocenters. The number of carbonyl (C=O) groups is 2. The monoisotopic (exact) mass is 224 g/mol. The van der Waals surface area contributed by atoms with Gasteiger partial charge in [0.15, 0.2) is 5.54 Å². The Balaban J connectivity index is 2.40. The maximum atomic E-state index is 11.6. The number of nitrogens with one attached hydrogen (secondary N) is 1. The first kappa shape index (κ1) is 12.5. The average molecular weight is 224 g/mol. The number of carbonyl (C=O) groups excluding carboxylic acids is 2. The molecule has 5 nitrogen and oxygen atoms in total. The van der Waals surface area contributed by atoms with Gasteiger partial charge in [0, 0.05) is 0 Å². The molecule has 1 N–H and O–H groups in total. The van der Waals surface area contributed by atoms with Crippen molar-refractivity contribution in [3.8, 4) is 6.07 Å². The van der Waals surface area contributed by atoms with Gasteiger partial charge in [0.05, 0.1) is 12.0 Å². The SMILES string of the molecule is CC(C#N)(COC(=O)C1CCCC1)NC=O. The number of nitrogens with zero attached hydrogens (tertiary/aromatic N) is 1. The second kappa shape index (κ2) is 5.50. The lowest BCUT2D eigenvalue weighted by atomic mass is 10.1. The number of ether oxygens (including phenoxy) is 1. The molecule has 1 saturated carbocycles. The van der Waals surface area contributed by atoms with Gasteiger partial charge in [-0.3, -0.25) is 9.59 Å². The molecule has 1 fully saturated rings. The molecule has 1 aliphatic carbocycles. The topological polar surface area (TPSA) is 79.2 Å². The van der Waals surface area contributed by atoms with Crippen molar-refractivity contribution in [1.29, 1.82) is 5.26 Å². The van der Waals surface area contributed by atoms with Crippen molar-refractivity contribution in [3.05, 3.63) is 0 Å². The van der Waals surface area contributed by atoms with Crippen molar-refractivity contribution < 1.29 is 14.3 Å². The van der Waals surface area contributed by atoms with Gasteiger partial charge in [-0.2, -0.15) is 5.26 Å². The first-order chi connectivity index (χ1) is 7.61. The van der Waals surface area contributed by atoms with Crippen molar-refractivity contribution in [2.75, 3.05) is 6.61 Å². The van der Waals surface area contributed by atoms with E-state index in [9.17, 15) is 9.59 Å².